The lowest BCUT2D eigenvalue weighted by molar-refractivity contribution is 0.165. The molecule has 222 valence electrons. The number of ether oxygens (including phenoxy) is 1. The number of halogens is 1. The minimum atomic E-state index is -0.160. The summed E-state index contributed by atoms with van der Waals surface area (Å²) in [6.45, 7) is 18.6. The monoisotopic (exact) mass is 560 g/mol. The van der Waals surface area contributed by atoms with Crippen LogP contribution in [0, 0.1) is 12.7 Å². The van der Waals surface area contributed by atoms with Gasteiger partial charge in [-0.25, -0.2) is 9.37 Å². The predicted octanol–water partition coefficient (Wildman–Crippen LogP) is 7.51. The second-order valence-electron chi connectivity index (χ2n) is 10.7. The second kappa shape index (κ2) is 17.4. The molecule has 1 aromatic heterocycles. The Morgan fingerprint density at radius 2 is 1.63 bits per heavy atom. The Bertz CT molecular complexity index is 1150. The molecule has 1 saturated heterocycles. The lowest BCUT2D eigenvalue weighted by Crippen LogP contribution is -2.50. The van der Waals surface area contributed by atoms with Gasteiger partial charge in [-0.1, -0.05) is 70.5 Å². The summed E-state index contributed by atoms with van der Waals surface area (Å²) >= 11 is 0. The summed E-state index contributed by atoms with van der Waals surface area (Å²) in [5.74, 6) is 1.83. The van der Waals surface area contributed by atoms with Crippen LogP contribution in [0.2, 0.25) is 0 Å². The molecule has 0 spiro atoms. The Morgan fingerprint density at radius 1 is 0.976 bits per heavy atom. The number of aryl methyl sites for hydroxylation is 2. The van der Waals surface area contributed by atoms with Crippen LogP contribution in [0.25, 0.3) is 5.70 Å². The first-order valence-corrected chi connectivity index (χ1v) is 15.3. The number of nitrogens with zero attached hydrogens (tertiary/aromatic N) is 3. The summed E-state index contributed by atoms with van der Waals surface area (Å²) in [5, 5.41) is 3.36. The van der Waals surface area contributed by atoms with Gasteiger partial charge in [-0.05, 0) is 67.6 Å². The summed E-state index contributed by atoms with van der Waals surface area (Å²) < 4.78 is 18.0. The Balaban J connectivity index is 0.000000436. The molecule has 2 aromatic carbocycles. The van der Waals surface area contributed by atoms with E-state index in [4.69, 9.17) is 9.72 Å². The minimum Gasteiger partial charge on any atom is -0.492 e. The van der Waals surface area contributed by atoms with Gasteiger partial charge in [0.15, 0.2) is 0 Å². The summed E-state index contributed by atoms with van der Waals surface area (Å²) in [5.41, 5.74) is 4.31. The maximum atomic E-state index is 12.2. The molecule has 0 aliphatic carbocycles. The van der Waals surface area contributed by atoms with Gasteiger partial charge in [0.1, 0.15) is 24.0 Å². The average Bonchev–Trinajstić information content (AvgIpc) is 3.00. The number of anilines is 1. The van der Waals surface area contributed by atoms with Gasteiger partial charge in [-0.15, -0.1) is 0 Å². The fraction of sp³-hybridized carbons (Fsp3) is 0.457. The highest BCUT2D eigenvalue weighted by Gasteiger charge is 2.24. The normalized spacial score (nSPS) is 13.5. The first-order valence-electron chi connectivity index (χ1n) is 15.3. The van der Waals surface area contributed by atoms with E-state index in [0.717, 1.165) is 61.5 Å². The van der Waals surface area contributed by atoms with Gasteiger partial charge < -0.3 is 15.0 Å². The van der Waals surface area contributed by atoms with Crippen molar-refractivity contribution in [2.75, 3.05) is 44.2 Å². The van der Waals surface area contributed by atoms with Crippen LogP contribution in [0.1, 0.15) is 63.1 Å². The second-order valence-corrected chi connectivity index (χ2v) is 10.7. The molecule has 4 rings (SSSR count). The maximum Gasteiger partial charge on any atom is 0.131 e. The number of pyridine rings is 1. The number of aromatic nitrogens is 1. The highest BCUT2D eigenvalue weighted by atomic mass is 19.1. The number of nitrogens with one attached hydrogen (secondary N) is 1. The molecule has 1 aliphatic heterocycles. The van der Waals surface area contributed by atoms with E-state index in [1.807, 2.05) is 43.5 Å². The number of hydrogen-bond donors (Lipinski definition) is 1. The molecule has 0 radical (unpaired) electrons. The zero-order valence-electron chi connectivity index (χ0n) is 25.5. The van der Waals surface area contributed by atoms with Gasteiger partial charge in [-0.3, -0.25) is 4.90 Å². The molecule has 41 heavy (non-hydrogen) atoms. The summed E-state index contributed by atoms with van der Waals surface area (Å²) in [6, 6.07) is 19.4. The van der Waals surface area contributed by atoms with Crippen LogP contribution < -0.4 is 15.0 Å². The number of benzene rings is 2. The smallest absolute Gasteiger partial charge is 0.131 e. The first kappa shape index (κ1) is 32.1. The van der Waals surface area contributed by atoms with Crippen molar-refractivity contribution in [3.8, 4) is 5.75 Å². The number of para-hydroxylation sites is 1. The van der Waals surface area contributed by atoms with Crippen molar-refractivity contribution in [1.29, 1.82) is 0 Å². The molecule has 1 aliphatic rings. The Labute approximate surface area is 247 Å². The molecular formula is C35H49FN4O. The van der Waals surface area contributed by atoms with E-state index < -0.39 is 0 Å². The third kappa shape index (κ3) is 10.5. The van der Waals surface area contributed by atoms with E-state index >= 15 is 0 Å². The highest BCUT2D eigenvalue weighted by molar-refractivity contribution is 5.64. The van der Waals surface area contributed by atoms with Crippen molar-refractivity contribution in [3.05, 3.63) is 95.9 Å². The largest absolute Gasteiger partial charge is 0.492 e. The summed E-state index contributed by atoms with van der Waals surface area (Å²) in [6.07, 6.45) is 8.07. The molecule has 1 fully saturated rings. The predicted molar refractivity (Wildman–Crippen MR) is 171 cm³/mol. The maximum absolute atomic E-state index is 12.2. The molecule has 0 atom stereocenters. The van der Waals surface area contributed by atoms with Gasteiger partial charge >= 0.3 is 0 Å². The van der Waals surface area contributed by atoms with Crippen molar-refractivity contribution >= 4 is 11.5 Å². The molecule has 0 bridgehead atoms. The third-order valence-corrected chi connectivity index (χ3v) is 7.55. The van der Waals surface area contributed by atoms with E-state index in [0.29, 0.717) is 13.2 Å². The van der Waals surface area contributed by atoms with Crippen molar-refractivity contribution in [2.45, 2.75) is 65.8 Å². The van der Waals surface area contributed by atoms with Gasteiger partial charge in [0, 0.05) is 56.2 Å². The fourth-order valence-electron chi connectivity index (χ4n) is 5.25. The van der Waals surface area contributed by atoms with Gasteiger partial charge in [0.05, 0.1) is 0 Å². The number of rotatable bonds is 13. The topological polar surface area (TPSA) is 40.6 Å². The molecule has 5 nitrogen and oxygen atoms in total. The van der Waals surface area contributed by atoms with Crippen LogP contribution in [0.4, 0.5) is 10.2 Å². The van der Waals surface area contributed by atoms with E-state index in [2.05, 4.69) is 48.5 Å². The van der Waals surface area contributed by atoms with Crippen LogP contribution in [0.5, 0.6) is 5.75 Å². The molecule has 2 heterocycles. The standard InChI is InChI=1S/C27H40N4O.C8H9F/c1-5-10-25(11-6-2)30-15-17-31(18-16-30)27-22(3)20-24(21-29-27)23(4)28-14-19-32-26-12-8-7-9-13-26;1-2-7-3-5-8(9)6-4-7/h7-9,12-13,20-21,25,28H,4-6,10-11,14-19H2,1-3H3;3-6H,2H2,1H3. The van der Waals surface area contributed by atoms with Crippen molar-refractivity contribution in [3.63, 3.8) is 0 Å². The fourth-order valence-corrected chi connectivity index (χ4v) is 5.25. The quantitative estimate of drug-likeness (QED) is 0.219. The van der Waals surface area contributed by atoms with Crippen LogP contribution >= 0.6 is 0 Å². The number of hydrogen-bond acceptors (Lipinski definition) is 5. The van der Waals surface area contributed by atoms with Crippen LogP contribution in [-0.4, -0.2) is 55.3 Å². The third-order valence-electron chi connectivity index (χ3n) is 7.55. The van der Waals surface area contributed by atoms with Crippen LogP contribution in [-0.2, 0) is 6.42 Å². The van der Waals surface area contributed by atoms with Gasteiger partial charge in [0.25, 0.3) is 0 Å². The van der Waals surface area contributed by atoms with E-state index in [1.54, 1.807) is 12.1 Å². The SMILES string of the molecule is C=C(NCCOc1ccccc1)c1cnc(N2CCN(C(CCC)CCC)CC2)c(C)c1.CCc1ccc(F)cc1. The molecule has 6 heteroatoms. The zero-order valence-corrected chi connectivity index (χ0v) is 25.5. The molecule has 0 amide bonds. The molecule has 3 aromatic rings. The number of piperazine rings is 1. The molecule has 0 unspecified atom stereocenters. The Kier molecular flexibility index (Phi) is 13.7. The van der Waals surface area contributed by atoms with Crippen molar-refractivity contribution in [2.24, 2.45) is 0 Å². The average molecular weight is 561 g/mol. The molecule has 1 N–H and O–H groups in total. The van der Waals surface area contributed by atoms with Crippen LogP contribution in [0.3, 0.4) is 0 Å². The lowest BCUT2D eigenvalue weighted by Gasteiger charge is -2.40. The first-order chi connectivity index (χ1) is 19.9. The van der Waals surface area contributed by atoms with Crippen molar-refractivity contribution in [1.82, 2.24) is 15.2 Å². The lowest BCUT2D eigenvalue weighted by atomic mass is 10.0. The Hall–Kier alpha value is -3.38. The van der Waals surface area contributed by atoms with E-state index in [9.17, 15) is 4.39 Å². The summed E-state index contributed by atoms with van der Waals surface area (Å²) in [4.78, 5) is 9.95. The van der Waals surface area contributed by atoms with Gasteiger partial charge in [-0.2, -0.15) is 0 Å². The Morgan fingerprint density at radius 3 is 2.22 bits per heavy atom. The zero-order chi connectivity index (χ0) is 29.5. The minimum absolute atomic E-state index is 0.160. The van der Waals surface area contributed by atoms with Gasteiger partial charge in [0.2, 0.25) is 0 Å². The van der Waals surface area contributed by atoms with Crippen LogP contribution in [0.15, 0.2) is 73.4 Å². The summed E-state index contributed by atoms with van der Waals surface area (Å²) in [7, 11) is 0. The van der Waals surface area contributed by atoms with Crippen molar-refractivity contribution < 1.29 is 9.13 Å². The molecular weight excluding hydrogens is 511 g/mol. The van der Waals surface area contributed by atoms with E-state index in [-0.39, 0.29) is 5.82 Å². The molecule has 0 saturated carbocycles. The van der Waals surface area contributed by atoms with E-state index in [1.165, 1.54) is 48.9 Å². The highest BCUT2D eigenvalue weighted by Crippen LogP contribution is 2.23.